The predicted octanol–water partition coefficient (Wildman–Crippen LogP) is 3.80. The molecule has 0 saturated carbocycles. The van der Waals surface area contributed by atoms with E-state index in [-0.39, 0.29) is 12.1 Å². The first kappa shape index (κ1) is 17.4. The molecule has 0 spiro atoms. The molecule has 18 heavy (non-hydrogen) atoms. The van der Waals surface area contributed by atoms with Gasteiger partial charge in [0.2, 0.25) is 0 Å². The van der Waals surface area contributed by atoms with Gasteiger partial charge in [-0.1, -0.05) is 39.5 Å². The summed E-state index contributed by atoms with van der Waals surface area (Å²) >= 11 is 0. The van der Waals surface area contributed by atoms with Crippen LogP contribution in [0.5, 0.6) is 0 Å². The van der Waals surface area contributed by atoms with Gasteiger partial charge in [-0.05, 0) is 38.6 Å². The molecule has 0 aromatic carbocycles. The van der Waals surface area contributed by atoms with Gasteiger partial charge in [0.05, 0.1) is 0 Å². The topological polar surface area (TPSA) is 52.3 Å². The lowest BCUT2D eigenvalue weighted by molar-refractivity contribution is -0.149. The summed E-state index contributed by atoms with van der Waals surface area (Å²) in [6.07, 6.45) is 10.5. The number of hydrogen-bond donors (Lipinski definition) is 1. The van der Waals surface area contributed by atoms with Crippen LogP contribution in [0.3, 0.4) is 0 Å². The molecule has 1 atom stereocenters. The molecule has 3 heteroatoms. The maximum atomic E-state index is 11.6. The van der Waals surface area contributed by atoms with Crippen molar-refractivity contribution in [2.45, 2.75) is 84.2 Å². The number of hydrogen-bond acceptors (Lipinski definition) is 3. The van der Waals surface area contributed by atoms with Gasteiger partial charge in [0.1, 0.15) is 6.10 Å². The van der Waals surface area contributed by atoms with E-state index in [9.17, 15) is 4.79 Å². The van der Waals surface area contributed by atoms with Crippen molar-refractivity contribution in [3.8, 4) is 0 Å². The fourth-order valence-corrected chi connectivity index (χ4v) is 1.98. The molecule has 2 N–H and O–H groups in total. The molecular formula is C15H31NO2. The first-order valence-corrected chi connectivity index (χ1v) is 7.64. The Balaban J connectivity index is 3.56. The Kier molecular flexibility index (Phi) is 12.5. The van der Waals surface area contributed by atoms with Crippen molar-refractivity contribution in [1.29, 1.82) is 0 Å². The standard InChI is InChI=1S/C15H31NO2/c1-3-5-8-11-14(4-2)18-15(17)12-9-6-7-10-13-16/h14H,3-13,16H2,1-2H3. The van der Waals surface area contributed by atoms with Gasteiger partial charge in [0, 0.05) is 6.42 Å². The summed E-state index contributed by atoms with van der Waals surface area (Å²) in [4.78, 5) is 11.6. The van der Waals surface area contributed by atoms with Gasteiger partial charge in [-0.2, -0.15) is 0 Å². The smallest absolute Gasteiger partial charge is 0.306 e. The average molecular weight is 257 g/mol. The van der Waals surface area contributed by atoms with Crippen molar-refractivity contribution in [1.82, 2.24) is 0 Å². The predicted molar refractivity (Wildman–Crippen MR) is 76.5 cm³/mol. The third-order valence-electron chi connectivity index (χ3n) is 3.22. The Hall–Kier alpha value is -0.570. The molecule has 0 amide bonds. The Bertz CT molecular complexity index is 195. The van der Waals surface area contributed by atoms with E-state index in [0.717, 1.165) is 45.1 Å². The third kappa shape index (κ3) is 10.6. The minimum atomic E-state index is -0.0221. The summed E-state index contributed by atoms with van der Waals surface area (Å²) < 4.78 is 5.49. The second-order valence-electron chi connectivity index (χ2n) is 4.97. The molecule has 0 bridgehead atoms. The second-order valence-corrected chi connectivity index (χ2v) is 4.97. The van der Waals surface area contributed by atoms with Gasteiger partial charge in [0.25, 0.3) is 0 Å². The summed E-state index contributed by atoms with van der Waals surface area (Å²) in [6.45, 7) is 5.03. The third-order valence-corrected chi connectivity index (χ3v) is 3.22. The van der Waals surface area contributed by atoms with E-state index >= 15 is 0 Å². The van der Waals surface area contributed by atoms with Crippen molar-refractivity contribution >= 4 is 5.97 Å². The molecule has 1 unspecified atom stereocenters. The van der Waals surface area contributed by atoms with E-state index in [0.29, 0.717) is 6.42 Å². The Morgan fingerprint density at radius 3 is 2.39 bits per heavy atom. The molecule has 3 nitrogen and oxygen atoms in total. The first-order chi connectivity index (χ1) is 8.74. The van der Waals surface area contributed by atoms with Crippen molar-refractivity contribution in [3.63, 3.8) is 0 Å². The van der Waals surface area contributed by atoms with Crippen molar-refractivity contribution in [3.05, 3.63) is 0 Å². The summed E-state index contributed by atoms with van der Waals surface area (Å²) in [5.41, 5.74) is 5.42. The van der Waals surface area contributed by atoms with Crippen LogP contribution in [0.15, 0.2) is 0 Å². The molecule has 0 aliphatic carbocycles. The highest BCUT2D eigenvalue weighted by Crippen LogP contribution is 2.12. The van der Waals surface area contributed by atoms with Crippen LogP contribution in [0.2, 0.25) is 0 Å². The second kappa shape index (κ2) is 12.9. The van der Waals surface area contributed by atoms with E-state index in [4.69, 9.17) is 10.5 Å². The zero-order chi connectivity index (χ0) is 13.6. The van der Waals surface area contributed by atoms with Gasteiger partial charge >= 0.3 is 5.97 Å². The van der Waals surface area contributed by atoms with Gasteiger partial charge < -0.3 is 10.5 Å². The molecule has 0 rings (SSSR count). The zero-order valence-electron chi connectivity index (χ0n) is 12.2. The number of carbonyl (C=O) groups is 1. The Labute approximate surface area is 112 Å². The lowest BCUT2D eigenvalue weighted by Crippen LogP contribution is -2.17. The van der Waals surface area contributed by atoms with Crippen molar-refractivity contribution < 1.29 is 9.53 Å². The summed E-state index contributed by atoms with van der Waals surface area (Å²) in [6, 6.07) is 0. The van der Waals surface area contributed by atoms with Crippen LogP contribution in [0.1, 0.15) is 78.1 Å². The van der Waals surface area contributed by atoms with E-state index in [2.05, 4.69) is 13.8 Å². The average Bonchev–Trinajstić information content (AvgIpc) is 2.37. The highest BCUT2D eigenvalue weighted by molar-refractivity contribution is 5.69. The highest BCUT2D eigenvalue weighted by Gasteiger charge is 2.11. The monoisotopic (exact) mass is 257 g/mol. The van der Waals surface area contributed by atoms with Crippen molar-refractivity contribution in [2.75, 3.05) is 6.54 Å². The minimum Gasteiger partial charge on any atom is -0.462 e. The molecule has 0 saturated heterocycles. The Morgan fingerprint density at radius 2 is 1.78 bits per heavy atom. The van der Waals surface area contributed by atoms with Gasteiger partial charge in [-0.3, -0.25) is 4.79 Å². The largest absolute Gasteiger partial charge is 0.462 e. The lowest BCUT2D eigenvalue weighted by atomic mass is 10.1. The van der Waals surface area contributed by atoms with E-state index < -0.39 is 0 Å². The number of nitrogens with two attached hydrogens (primary N) is 1. The minimum absolute atomic E-state index is 0.0221. The molecule has 108 valence electrons. The van der Waals surface area contributed by atoms with Crippen LogP contribution in [0, 0.1) is 0 Å². The van der Waals surface area contributed by atoms with Gasteiger partial charge in [-0.15, -0.1) is 0 Å². The number of carbonyl (C=O) groups excluding carboxylic acids is 1. The molecule has 0 fully saturated rings. The number of unbranched alkanes of at least 4 members (excludes halogenated alkanes) is 5. The molecule has 0 heterocycles. The molecular weight excluding hydrogens is 226 g/mol. The fraction of sp³-hybridized carbons (Fsp3) is 0.933. The van der Waals surface area contributed by atoms with Crippen LogP contribution in [-0.4, -0.2) is 18.6 Å². The molecule has 0 aromatic heterocycles. The lowest BCUT2D eigenvalue weighted by Gasteiger charge is -2.16. The van der Waals surface area contributed by atoms with Crippen LogP contribution in [0.4, 0.5) is 0 Å². The quantitative estimate of drug-likeness (QED) is 0.427. The highest BCUT2D eigenvalue weighted by atomic mass is 16.5. The summed E-state index contributed by atoms with van der Waals surface area (Å²) in [7, 11) is 0. The maximum Gasteiger partial charge on any atom is 0.306 e. The molecule has 0 radical (unpaired) electrons. The number of ether oxygens (including phenoxy) is 1. The summed E-state index contributed by atoms with van der Waals surface area (Å²) in [5, 5.41) is 0. The fourth-order valence-electron chi connectivity index (χ4n) is 1.98. The maximum absolute atomic E-state index is 11.6. The van der Waals surface area contributed by atoms with E-state index in [1.807, 2.05) is 0 Å². The normalized spacial score (nSPS) is 12.4. The van der Waals surface area contributed by atoms with Gasteiger partial charge in [-0.25, -0.2) is 0 Å². The van der Waals surface area contributed by atoms with E-state index in [1.165, 1.54) is 19.3 Å². The van der Waals surface area contributed by atoms with Crippen LogP contribution in [-0.2, 0) is 9.53 Å². The number of esters is 1. The number of rotatable bonds is 12. The summed E-state index contributed by atoms with van der Waals surface area (Å²) in [5.74, 6) is -0.0221. The SMILES string of the molecule is CCCCCC(CC)OC(=O)CCCCCCN. The molecule has 0 aromatic rings. The van der Waals surface area contributed by atoms with E-state index in [1.54, 1.807) is 0 Å². The first-order valence-electron chi connectivity index (χ1n) is 7.64. The van der Waals surface area contributed by atoms with Gasteiger partial charge in [0.15, 0.2) is 0 Å². The van der Waals surface area contributed by atoms with Crippen molar-refractivity contribution in [2.24, 2.45) is 5.73 Å². The van der Waals surface area contributed by atoms with Crippen LogP contribution < -0.4 is 5.73 Å². The van der Waals surface area contributed by atoms with Crippen LogP contribution >= 0.6 is 0 Å². The zero-order valence-corrected chi connectivity index (χ0v) is 12.2. The molecule has 0 aliphatic heterocycles. The Morgan fingerprint density at radius 1 is 1.06 bits per heavy atom. The van der Waals surface area contributed by atoms with Crippen LogP contribution in [0.25, 0.3) is 0 Å². The molecule has 0 aliphatic rings.